The maximum Gasteiger partial charge on any atom is 0.332 e. The van der Waals surface area contributed by atoms with Gasteiger partial charge >= 0.3 is 10.2 Å². The van der Waals surface area contributed by atoms with Crippen LogP contribution in [0, 0.1) is 0 Å². The molecule has 0 amide bonds. The van der Waals surface area contributed by atoms with E-state index in [1.807, 2.05) is 26.0 Å². The maximum absolute atomic E-state index is 13.0. The zero-order valence-electron chi connectivity index (χ0n) is 15.9. The zero-order chi connectivity index (χ0) is 21.4. The van der Waals surface area contributed by atoms with E-state index in [1.54, 1.807) is 23.1 Å². The molecule has 0 bridgehead atoms. The van der Waals surface area contributed by atoms with Gasteiger partial charge in [-0.2, -0.15) is 13.4 Å². The number of rotatable bonds is 5. The summed E-state index contributed by atoms with van der Waals surface area (Å²) in [5, 5.41) is 0.588. The SMILES string of the molecule is CC1(C)N=C(N)N=C(N)N1c1ccc(Cl)c(CCc2ccc(S(=O)(=O)F)cc2)c1. The summed E-state index contributed by atoms with van der Waals surface area (Å²) in [4.78, 5) is 9.79. The molecule has 1 aliphatic heterocycles. The third-order valence-electron chi connectivity index (χ3n) is 4.57. The third-order valence-corrected chi connectivity index (χ3v) is 5.77. The van der Waals surface area contributed by atoms with E-state index in [9.17, 15) is 12.3 Å². The number of anilines is 1. The number of hydrogen-bond donors (Lipinski definition) is 2. The number of nitrogens with two attached hydrogens (primary N) is 2. The topological polar surface area (TPSA) is 114 Å². The first kappa shape index (κ1) is 21.1. The van der Waals surface area contributed by atoms with Crippen LogP contribution in [0.15, 0.2) is 57.3 Å². The van der Waals surface area contributed by atoms with Gasteiger partial charge in [-0.05, 0) is 68.1 Å². The molecule has 0 saturated carbocycles. The second kappa shape index (κ2) is 7.64. The lowest BCUT2D eigenvalue weighted by atomic mass is 10.0. The highest BCUT2D eigenvalue weighted by Crippen LogP contribution is 2.31. The lowest BCUT2D eigenvalue weighted by molar-refractivity contribution is 0.533. The average Bonchev–Trinajstić information content (AvgIpc) is 2.60. The molecule has 3 rings (SSSR count). The monoisotopic (exact) mass is 437 g/mol. The Morgan fingerprint density at radius 3 is 2.34 bits per heavy atom. The molecule has 0 aromatic heterocycles. The van der Waals surface area contributed by atoms with Crippen molar-refractivity contribution in [1.82, 2.24) is 0 Å². The number of aliphatic imine (C=N–C) groups is 2. The number of halogens is 2. The molecule has 0 saturated heterocycles. The van der Waals surface area contributed by atoms with E-state index < -0.39 is 15.9 Å². The van der Waals surface area contributed by atoms with E-state index in [1.165, 1.54) is 12.1 Å². The van der Waals surface area contributed by atoms with E-state index in [0.29, 0.717) is 17.9 Å². The van der Waals surface area contributed by atoms with Crippen molar-refractivity contribution in [3.05, 3.63) is 58.6 Å². The number of benzene rings is 2. The Kier molecular flexibility index (Phi) is 5.55. The molecule has 0 unspecified atom stereocenters. The average molecular weight is 438 g/mol. The fraction of sp³-hybridized carbons (Fsp3) is 0.263. The van der Waals surface area contributed by atoms with Crippen LogP contribution in [0.1, 0.15) is 25.0 Å². The molecule has 1 heterocycles. The van der Waals surface area contributed by atoms with Crippen molar-refractivity contribution in [2.45, 2.75) is 37.2 Å². The van der Waals surface area contributed by atoms with Crippen LogP contribution in [-0.2, 0) is 23.1 Å². The van der Waals surface area contributed by atoms with E-state index >= 15 is 0 Å². The molecule has 4 N–H and O–H groups in total. The molecule has 0 spiro atoms. The Morgan fingerprint density at radius 1 is 1.10 bits per heavy atom. The van der Waals surface area contributed by atoms with Gasteiger partial charge in [0.1, 0.15) is 5.66 Å². The molecule has 0 fully saturated rings. The van der Waals surface area contributed by atoms with Crippen molar-refractivity contribution >= 4 is 39.4 Å². The Morgan fingerprint density at radius 2 is 1.76 bits per heavy atom. The normalized spacial score (nSPS) is 16.3. The largest absolute Gasteiger partial charge is 0.369 e. The van der Waals surface area contributed by atoms with Gasteiger partial charge in [0, 0.05) is 10.7 Å². The molecule has 2 aromatic rings. The molecule has 2 aromatic carbocycles. The van der Waals surface area contributed by atoms with Gasteiger partial charge in [-0.25, -0.2) is 4.99 Å². The Bertz CT molecular complexity index is 1100. The fourth-order valence-corrected chi connectivity index (χ4v) is 3.91. The molecular formula is C19H21ClFN5O2S. The lowest BCUT2D eigenvalue weighted by Crippen LogP contribution is -2.54. The Labute approximate surface area is 174 Å². The number of aryl methyl sites for hydroxylation is 2. The van der Waals surface area contributed by atoms with Gasteiger partial charge in [0.25, 0.3) is 0 Å². The van der Waals surface area contributed by atoms with Crippen molar-refractivity contribution in [2.75, 3.05) is 4.90 Å². The van der Waals surface area contributed by atoms with Crippen LogP contribution in [0.25, 0.3) is 0 Å². The number of guanidine groups is 2. The molecule has 10 heteroatoms. The van der Waals surface area contributed by atoms with Crippen LogP contribution >= 0.6 is 11.6 Å². The van der Waals surface area contributed by atoms with Crippen molar-refractivity contribution in [1.29, 1.82) is 0 Å². The molecule has 0 aliphatic carbocycles. The molecule has 154 valence electrons. The lowest BCUT2D eigenvalue weighted by Gasteiger charge is -2.38. The highest BCUT2D eigenvalue weighted by Gasteiger charge is 2.33. The van der Waals surface area contributed by atoms with Gasteiger partial charge in [0.05, 0.1) is 4.90 Å². The van der Waals surface area contributed by atoms with Crippen molar-refractivity contribution < 1.29 is 12.3 Å². The summed E-state index contributed by atoms with van der Waals surface area (Å²) in [7, 11) is -4.70. The van der Waals surface area contributed by atoms with Gasteiger partial charge in [0.15, 0.2) is 0 Å². The standard InChI is InChI=1S/C19H21ClFN5O2S/c1-19(2)25-17(22)24-18(23)26(19)14-7-10-16(20)13(11-14)6-3-12-4-8-15(9-5-12)29(21,27)28/h4-5,7-11H,3,6H2,1-2H3,(H4,22,23,24,25). The van der Waals surface area contributed by atoms with Gasteiger partial charge in [0.2, 0.25) is 11.9 Å². The van der Waals surface area contributed by atoms with Gasteiger partial charge in [-0.3, -0.25) is 4.90 Å². The summed E-state index contributed by atoms with van der Waals surface area (Å²) in [5.74, 6) is 0.357. The minimum Gasteiger partial charge on any atom is -0.369 e. The molecule has 0 radical (unpaired) electrons. The van der Waals surface area contributed by atoms with Crippen molar-refractivity contribution in [3.8, 4) is 0 Å². The van der Waals surface area contributed by atoms with E-state index in [0.717, 1.165) is 16.8 Å². The summed E-state index contributed by atoms with van der Waals surface area (Å²) in [5.41, 5.74) is 13.6. The van der Waals surface area contributed by atoms with E-state index in [2.05, 4.69) is 9.98 Å². The zero-order valence-corrected chi connectivity index (χ0v) is 17.5. The van der Waals surface area contributed by atoms with Crippen LogP contribution in [0.4, 0.5) is 9.57 Å². The van der Waals surface area contributed by atoms with Crippen molar-refractivity contribution in [3.63, 3.8) is 0 Å². The number of nitrogens with zero attached hydrogens (tertiary/aromatic N) is 3. The predicted molar refractivity (Wildman–Crippen MR) is 113 cm³/mol. The minimum atomic E-state index is -4.70. The molecular weight excluding hydrogens is 417 g/mol. The third kappa shape index (κ3) is 4.68. The summed E-state index contributed by atoms with van der Waals surface area (Å²) in [6, 6.07) is 11.2. The number of hydrogen-bond acceptors (Lipinski definition) is 7. The highest BCUT2D eigenvalue weighted by atomic mass is 35.5. The summed E-state index contributed by atoms with van der Waals surface area (Å²) < 4.78 is 34.9. The van der Waals surface area contributed by atoms with Gasteiger partial charge in [-0.15, -0.1) is 3.89 Å². The van der Waals surface area contributed by atoms with Gasteiger partial charge in [-0.1, -0.05) is 23.7 Å². The summed E-state index contributed by atoms with van der Waals surface area (Å²) in [6.45, 7) is 3.74. The highest BCUT2D eigenvalue weighted by molar-refractivity contribution is 7.86. The quantitative estimate of drug-likeness (QED) is 0.698. The first-order valence-electron chi connectivity index (χ1n) is 8.79. The minimum absolute atomic E-state index is 0.122. The molecule has 7 nitrogen and oxygen atoms in total. The van der Waals surface area contributed by atoms with Gasteiger partial charge < -0.3 is 11.5 Å². The summed E-state index contributed by atoms with van der Waals surface area (Å²) in [6.07, 6.45) is 1.18. The van der Waals surface area contributed by atoms with E-state index in [4.69, 9.17) is 23.1 Å². The maximum atomic E-state index is 13.0. The van der Waals surface area contributed by atoms with Crippen LogP contribution in [0.3, 0.4) is 0 Å². The second-order valence-corrected chi connectivity index (χ2v) is 8.88. The first-order chi connectivity index (χ1) is 13.5. The molecule has 1 aliphatic rings. The molecule has 0 atom stereocenters. The van der Waals surface area contributed by atoms with Crippen LogP contribution in [0.5, 0.6) is 0 Å². The van der Waals surface area contributed by atoms with Crippen LogP contribution < -0.4 is 16.4 Å². The van der Waals surface area contributed by atoms with E-state index in [-0.39, 0.29) is 16.8 Å². The summed E-state index contributed by atoms with van der Waals surface area (Å²) >= 11 is 6.36. The van der Waals surface area contributed by atoms with Crippen molar-refractivity contribution in [2.24, 2.45) is 21.5 Å². The fourth-order valence-electron chi connectivity index (χ4n) is 3.24. The van der Waals surface area contributed by atoms with Crippen LogP contribution in [0.2, 0.25) is 5.02 Å². The predicted octanol–water partition coefficient (Wildman–Crippen LogP) is 2.97. The first-order valence-corrected chi connectivity index (χ1v) is 10.6. The Balaban J connectivity index is 1.82. The second-order valence-electron chi connectivity index (χ2n) is 7.13. The molecule has 29 heavy (non-hydrogen) atoms. The van der Waals surface area contributed by atoms with Crippen LogP contribution in [-0.4, -0.2) is 26.0 Å². The smallest absolute Gasteiger partial charge is 0.332 e. The Hall–Kier alpha value is -2.65.